The van der Waals surface area contributed by atoms with Gasteiger partial charge >= 0.3 is 5.97 Å². The third-order valence-electron chi connectivity index (χ3n) is 6.82. The third-order valence-corrected chi connectivity index (χ3v) is 6.82. The molecular formula is C23H28ClN11O3. The molecule has 15 heteroatoms. The number of furan rings is 1. The molecule has 2 saturated heterocycles. The number of nitrogens with two attached hydrogens (primary N) is 1. The van der Waals surface area contributed by atoms with Gasteiger partial charge < -0.3 is 25.1 Å². The minimum absolute atomic E-state index is 0. The second-order valence-corrected chi connectivity index (χ2v) is 9.33. The first-order chi connectivity index (χ1) is 18.0. The number of rotatable bonds is 6. The maximum absolute atomic E-state index is 11.0. The van der Waals surface area contributed by atoms with E-state index in [1.807, 2.05) is 0 Å². The molecule has 0 radical (unpaired) electrons. The lowest BCUT2D eigenvalue weighted by Crippen LogP contribution is -2.50. The summed E-state index contributed by atoms with van der Waals surface area (Å²) in [6.45, 7) is 6.07. The normalized spacial score (nSPS) is 18.5. The molecule has 1 atom stereocenters. The van der Waals surface area contributed by atoms with E-state index in [2.05, 4.69) is 44.7 Å². The number of piperazine rings is 1. The summed E-state index contributed by atoms with van der Waals surface area (Å²) in [4.78, 5) is 39.8. The number of aromatic carboxylic acids is 1. The summed E-state index contributed by atoms with van der Waals surface area (Å²) in [5.74, 6) is 2.19. The van der Waals surface area contributed by atoms with Crippen molar-refractivity contribution in [1.29, 1.82) is 0 Å². The van der Waals surface area contributed by atoms with Crippen LogP contribution in [0.15, 0.2) is 35.2 Å². The molecule has 0 amide bonds. The van der Waals surface area contributed by atoms with Gasteiger partial charge in [0.05, 0.1) is 11.8 Å². The number of anilines is 3. The fourth-order valence-electron chi connectivity index (χ4n) is 4.93. The van der Waals surface area contributed by atoms with Crippen LogP contribution in [0.5, 0.6) is 0 Å². The van der Waals surface area contributed by atoms with Crippen molar-refractivity contribution in [2.45, 2.75) is 12.8 Å². The third kappa shape index (κ3) is 5.17. The number of hydrogen-bond acceptors (Lipinski definition) is 12. The van der Waals surface area contributed by atoms with Crippen LogP contribution in [-0.2, 0) is 0 Å². The number of halogens is 1. The van der Waals surface area contributed by atoms with Crippen LogP contribution in [0.4, 0.5) is 17.8 Å². The predicted molar refractivity (Wildman–Crippen MR) is 141 cm³/mol. The Morgan fingerprint density at radius 3 is 2.55 bits per heavy atom. The minimum Gasteiger partial charge on any atom is -0.478 e. The van der Waals surface area contributed by atoms with Crippen LogP contribution < -0.4 is 15.5 Å². The first-order valence-electron chi connectivity index (χ1n) is 12.3. The van der Waals surface area contributed by atoms with Crippen LogP contribution in [0, 0.1) is 5.92 Å². The Morgan fingerprint density at radius 2 is 1.84 bits per heavy atom. The minimum atomic E-state index is -1.02. The number of nitrogen functional groups attached to an aromatic ring is 1. The Kier molecular flexibility index (Phi) is 7.24. The van der Waals surface area contributed by atoms with Gasteiger partial charge in [-0.05, 0) is 30.9 Å². The highest BCUT2D eigenvalue weighted by atomic mass is 35.5. The van der Waals surface area contributed by atoms with Gasteiger partial charge in [-0.1, -0.05) is 0 Å². The van der Waals surface area contributed by atoms with Crippen molar-refractivity contribution in [2.24, 2.45) is 5.92 Å². The topological polar surface area (TPSA) is 168 Å². The predicted octanol–water partition coefficient (Wildman–Crippen LogP) is 1.31. The van der Waals surface area contributed by atoms with Crippen molar-refractivity contribution in [3.8, 4) is 11.6 Å². The lowest BCUT2D eigenvalue weighted by atomic mass is 9.97. The summed E-state index contributed by atoms with van der Waals surface area (Å²) >= 11 is 0. The van der Waals surface area contributed by atoms with E-state index in [0.717, 1.165) is 58.7 Å². The van der Waals surface area contributed by atoms with E-state index < -0.39 is 5.97 Å². The van der Waals surface area contributed by atoms with Gasteiger partial charge in [0.25, 0.3) is 5.78 Å². The van der Waals surface area contributed by atoms with E-state index in [1.54, 1.807) is 18.4 Å². The summed E-state index contributed by atoms with van der Waals surface area (Å²) in [6, 6.07) is 3.57. The molecule has 0 bridgehead atoms. The van der Waals surface area contributed by atoms with Crippen LogP contribution in [0.2, 0.25) is 0 Å². The first kappa shape index (κ1) is 25.6. The second kappa shape index (κ2) is 10.8. The zero-order valence-electron chi connectivity index (χ0n) is 20.5. The van der Waals surface area contributed by atoms with E-state index >= 15 is 0 Å². The lowest BCUT2D eigenvalue weighted by molar-refractivity contribution is 0.0696. The molecule has 14 nitrogen and oxygen atoms in total. The molecule has 6 rings (SSSR count). The van der Waals surface area contributed by atoms with Crippen molar-refractivity contribution in [1.82, 2.24) is 39.4 Å². The number of hydrogen-bond donors (Lipinski definition) is 2. The molecule has 0 spiro atoms. The Bertz CT molecular complexity index is 1390. The van der Waals surface area contributed by atoms with Gasteiger partial charge in [-0.15, -0.1) is 17.5 Å². The fourth-order valence-corrected chi connectivity index (χ4v) is 4.93. The highest BCUT2D eigenvalue weighted by Gasteiger charge is 2.27. The van der Waals surface area contributed by atoms with Gasteiger partial charge in [0.15, 0.2) is 5.76 Å². The number of carboxylic acids is 1. The smallest absolute Gasteiger partial charge is 0.338 e. The maximum Gasteiger partial charge on any atom is 0.338 e. The number of piperidine rings is 1. The Morgan fingerprint density at radius 1 is 1.05 bits per heavy atom. The number of fused-ring (bicyclic) bond motifs is 1. The highest BCUT2D eigenvalue weighted by molar-refractivity contribution is 5.86. The zero-order chi connectivity index (χ0) is 25.4. The van der Waals surface area contributed by atoms with Crippen molar-refractivity contribution in [3.05, 3.63) is 36.4 Å². The number of carbonyl (C=O) groups is 1. The van der Waals surface area contributed by atoms with Crippen molar-refractivity contribution in [3.63, 3.8) is 0 Å². The summed E-state index contributed by atoms with van der Waals surface area (Å²) < 4.78 is 6.82. The molecule has 200 valence electrons. The van der Waals surface area contributed by atoms with Gasteiger partial charge in [0.1, 0.15) is 0 Å². The molecular weight excluding hydrogens is 514 g/mol. The Hall–Kier alpha value is -4.04. The molecule has 38 heavy (non-hydrogen) atoms. The maximum atomic E-state index is 11.0. The summed E-state index contributed by atoms with van der Waals surface area (Å²) in [5.41, 5.74) is 6.29. The SMILES string of the molecule is Cl.Nc1nc(N2CCCC(CN3CCN(c4ncc(C(=O)O)cn4)CC3)C2)nc2nc(-c3ccco3)nn12. The van der Waals surface area contributed by atoms with Gasteiger partial charge in [0, 0.05) is 58.2 Å². The van der Waals surface area contributed by atoms with Gasteiger partial charge in [-0.25, -0.2) is 14.8 Å². The molecule has 0 aromatic carbocycles. The largest absolute Gasteiger partial charge is 0.478 e. The standard InChI is InChI=1S/C23H27N11O3.ClH/c24-20-28-22(29-23-27-18(30-34(20)23)17-4-2-10-37-17)33-5-1-3-15(14-33)13-31-6-8-32(9-7-31)21-25-11-16(12-26-21)19(35)36;/h2,4,10-12,15H,1,3,5-9,13-14H2,(H,35,36)(H2,24,27,28,29,30);1H. The average molecular weight is 542 g/mol. The van der Waals surface area contributed by atoms with E-state index in [4.69, 9.17) is 15.3 Å². The van der Waals surface area contributed by atoms with Crippen LogP contribution >= 0.6 is 12.4 Å². The molecule has 0 saturated carbocycles. The Balaban J connectivity index is 0.00000294. The summed E-state index contributed by atoms with van der Waals surface area (Å²) in [6.07, 6.45) is 6.48. The van der Waals surface area contributed by atoms with Crippen LogP contribution in [-0.4, -0.2) is 96.3 Å². The van der Waals surface area contributed by atoms with Crippen molar-refractivity contribution < 1.29 is 14.3 Å². The molecule has 1 unspecified atom stereocenters. The van der Waals surface area contributed by atoms with Crippen molar-refractivity contribution >= 4 is 42.0 Å². The van der Waals surface area contributed by atoms with E-state index in [9.17, 15) is 4.79 Å². The zero-order valence-corrected chi connectivity index (χ0v) is 21.4. The number of carboxylic acid groups (broad SMARTS) is 1. The molecule has 0 aliphatic carbocycles. The molecule has 2 fully saturated rings. The van der Waals surface area contributed by atoms with Gasteiger partial charge in [-0.2, -0.15) is 19.5 Å². The average Bonchev–Trinajstić information content (AvgIpc) is 3.60. The lowest BCUT2D eigenvalue weighted by Gasteiger charge is -2.39. The number of nitrogens with zero attached hydrogens (tertiary/aromatic N) is 10. The number of aromatic nitrogens is 7. The molecule has 4 aromatic rings. The molecule has 2 aliphatic heterocycles. The van der Waals surface area contributed by atoms with Crippen LogP contribution in [0.3, 0.4) is 0 Å². The summed E-state index contributed by atoms with van der Waals surface area (Å²) in [7, 11) is 0. The molecule has 3 N–H and O–H groups in total. The quantitative estimate of drug-likeness (QED) is 0.358. The monoisotopic (exact) mass is 541 g/mol. The molecule has 6 heterocycles. The van der Waals surface area contributed by atoms with Crippen LogP contribution in [0.1, 0.15) is 23.2 Å². The Labute approximate surface area is 223 Å². The highest BCUT2D eigenvalue weighted by Crippen LogP contribution is 2.24. The molecule has 2 aliphatic rings. The van der Waals surface area contributed by atoms with Gasteiger partial charge in [-0.3, -0.25) is 4.90 Å². The van der Waals surface area contributed by atoms with E-state index in [-0.39, 0.29) is 23.9 Å². The second-order valence-electron chi connectivity index (χ2n) is 9.33. The fraction of sp³-hybridized carbons (Fsp3) is 0.435. The molecule has 4 aromatic heterocycles. The first-order valence-corrected chi connectivity index (χ1v) is 12.3. The van der Waals surface area contributed by atoms with Gasteiger partial charge in [0.2, 0.25) is 23.7 Å². The van der Waals surface area contributed by atoms with Crippen molar-refractivity contribution in [2.75, 3.05) is 61.3 Å². The van der Waals surface area contributed by atoms with E-state index in [0.29, 0.717) is 35.2 Å². The van der Waals surface area contributed by atoms with Crippen LogP contribution in [0.25, 0.3) is 17.4 Å². The summed E-state index contributed by atoms with van der Waals surface area (Å²) in [5, 5.41) is 13.4. The van der Waals surface area contributed by atoms with E-state index in [1.165, 1.54) is 16.9 Å².